The molecular weight excluding hydrogens is 823 g/mol. The lowest BCUT2D eigenvalue weighted by atomic mass is 10.0. The van der Waals surface area contributed by atoms with E-state index in [2.05, 4.69) is 31.3 Å². The molecule has 4 N–H and O–H groups in total. The standard InChI is InChI=1S/C62H121NO4/c1-3-5-7-9-11-13-15-17-19-21-23-25-27-28-29-30-31-32-33-35-37-39-41-43-45-47-49-51-53-55-57-61(66)62(67)63-59(58-64)60(65)56-54-52-50-48-46-44-42-40-38-36-34-26-24-22-20-18-16-14-12-10-8-6-4-2/h46,48,54,56,59-61,64-66H,3-45,47,49-53,55,57-58H2,1-2H3,(H,63,67)/b48-46+,56-54+. The Hall–Kier alpha value is -1.17. The Morgan fingerprint density at radius 3 is 0.910 bits per heavy atom. The van der Waals surface area contributed by atoms with Gasteiger partial charge in [-0.05, 0) is 32.1 Å². The quantitative estimate of drug-likeness (QED) is 0.0361. The van der Waals surface area contributed by atoms with Gasteiger partial charge in [-0.1, -0.05) is 334 Å². The Morgan fingerprint density at radius 2 is 0.612 bits per heavy atom. The van der Waals surface area contributed by atoms with Crippen LogP contribution in [0.1, 0.15) is 341 Å². The summed E-state index contributed by atoms with van der Waals surface area (Å²) in [5.74, 6) is -0.505. The average molecular weight is 945 g/mol. The molecule has 67 heavy (non-hydrogen) atoms. The molecule has 5 nitrogen and oxygen atoms in total. The number of aliphatic hydroxyl groups excluding tert-OH is 3. The van der Waals surface area contributed by atoms with E-state index < -0.39 is 24.2 Å². The van der Waals surface area contributed by atoms with E-state index in [1.54, 1.807) is 6.08 Å². The maximum atomic E-state index is 12.6. The first-order valence-corrected chi connectivity index (χ1v) is 30.7. The van der Waals surface area contributed by atoms with Crippen molar-refractivity contribution in [2.24, 2.45) is 0 Å². The van der Waals surface area contributed by atoms with Crippen molar-refractivity contribution < 1.29 is 20.1 Å². The maximum absolute atomic E-state index is 12.6. The second-order valence-electron chi connectivity index (χ2n) is 21.3. The molecule has 3 atom stereocenters. The fourth-order valence-corrected chi connectivity index (χ4v) is 9.79. The van der Waals surface area contributed by atoms with Gasteiger partial charge in [0.05, 0.1) is 18.8 Å². The highest BCUT2D eigenvalue weighted by atomic mass is 16.3. The molecular formula is C62H121NO4. The molecule has 0 aliphatic heterocycles. The van der Waals surface area contributed by atoms with Gasteiger partial charge in [-0.3, -0.25) is 4.79 Å². The minimum atomic E-state index is -1.10. The van der Waals surface area contributed by atoms with Crippen LogP contribution in [0.15, 0.2) is 24.3 Å². The van der Waals surface area contributed by atoms with Crippen LogP contribution >= 0.6 is 0 Å². The molecule has 5 heteroatoms. The molecule has 0 aromatic heterocycles. The summed E-state index contributed by atoms with van der Waals surface area (Å²) in [6, 6.07) is -0.813. The zero-order valence-electron chi connectivity index (χ0n) is 45.6. The van der Waals surface area contributed by atoms with Crippen LogP contribution < -0.4 is 5.32 Å². The fraction of sp³-hybridized carbons (Fsp3) is 0.919. The Labute approximate surface area is 420 Å². The van der Waals surface area contributed by atoms with Crippen molar-refractivity contribution in [1.82, 2.24) is 5.32 Å². The zero-order valence-corrected chi connectivity index (χ0v) is 45.6. The second-order valence-corrected chi connectivity index (χ2v) is 21.3. The number of unbranched alkanes of at least 4 members (excludes halogenated alkanes) is 47. The minimum Gasteiger partial charge on any atom is -0.394 e. The normalized spacial score (nSPS) is 13.3. The molecule has 0 saturated heterocycles. The summed E-state index contributed by atoms with van der Waals surface area (Å²) in [6.07, 6.45) is 74.3. The van der Waals surface area contributed by atoms with E-state index in [1.807, 2.05) is 6.08 Å². The van der Waals surface area contributed by atoms with Gasteiger partial charge in [-0.25, -0.2) is 0 Å². The summed E-state index contributed by atoms with van der Waals surface area (Å²) in [5.41, 5.74) is 0. The third kappa shape index (κ3) is 52.5. The summed E-state index contributed by atoms with van der Waals surface area (Å²) < 4.78 is 0. The molecule has 0 aliphatic rings. The van der Waals surface area contributed by atoms with Gasteiger partial charge in [-0.2, -0.15) is 0 Å². The minimum absolute atomic E-state index is 0.372. The summed E-state index contributed by atoms with van der Waals surface area (Å²) in [5, 5.41) is 33.4. The van der Waals surface area contributed by atoms with Crippen LogP contribution in [-0.4, -0.2) is 46.1 Å². The van der Waals surface area contributed by atoms with E-state index in [0.717, 1.165) is 38.5 Å². The van der Waals surface area contributed by atoms with E-state index >= 15 is 0 Å². The summed E-state index contributed by atoms with van der Waals surface area (Å²) in [7, 11) is 0. The van der Waals surface area contributed by atoms with Crippen molar-refractivity contribution in [2.45, 2.75) is 360 Å². The van der Waals surface area contributed by atoms with Crippen molar-refractivity contribution >= 4 is 5.91 Å². The molecule has 0 aromatic rings. The van der Waals surface area contributed by atoms with Gasteiger partial charge >= 0.3 is 0 Å². The van der Waals surface area contributed by atoms with Crippen molar-refractivity contribution in [3.63, 3.8) is 0 Å². The molecule has 398 valence electrons. The Kier molecular flexibility index (Phi) is 56.4. The number of rotatable bonds is 57. The van der Waals surface area contributed by atoms with Gasteiger partial charge in [0, 0.05) is 0 Å². The molecule has 0 spiro atoms. The largest absolute Gasteiger partial charge is 0.394 e. The highest BCUT2D eigenvalue weighted by molar-refractivity contribution is 5.80. The van der Waals surface area contributed by atoms with E-state index in [1.165, 1.54) is 283 Å². The molecule has 3 unspecified atom stereocenters. The number of allylic oxidation sites excluding steroid dienone is 3. The third-order valence-electron chi connectivity index (χ3n) is 14.5. The van der Waals surface area contributed by atoms with Gasteiger partial charge in [0.1, 0.15) is 6.10 Å². The lowest BCUT2D eigenvalue weighted by molar-refractivity contribution is -0.131. The van der Waals surface area contributed by atoms with Gasteiger partial charge in [-0.15, -0.1) is 0 Å². The Morgan fingerprint density at radius 1 is 0.358 bits per heavy atom. The van der Waals surface area contributed by atoms with Crippen molar-refractivity contribution in [3.05, 3.63) is 24.3 Å². The second kappa shape index (κ2) is 57.4. The molecule has 0 rings (SSSR count). The highest BCUT2D eigenvalue weighted by Gasteiger charge is 2.22. The van der Waals surface area contributed by atoms with Crippen LogP contribution in [0.2, 0.25) is 0 Å². The molecule has 0 aromatic carbocycles. The van der Waals surface area contributed by atoms with E-state index in [-0.39, 0.29) is 6.61 Å². The summed E-state index contributed by atoms with van der Waals surface area (Å²) in [4.78, 5) is 12.6. The molecule has 0 heterocycles. The molecule has 1 amide bonds. The van der Waals surface area contributed by atoms with Crippen molar-refractivity contribution in [3.8, 4) is 0 Å². The number of amides is 1. The van der Waals surface area contributed by atoms with E-state index in [9.17, 15) is 20.1 Å². The van der Waals surface area contributed by atoms with E-state index in [4.69, 9.17) is 0 Å². The number of hydrogen-bond donors (Lipinski definition) is 4. The number of carbonyl (C=O) groups is 1. The summed E-state index contributed by atoms with van der Waals surface area (Å²) in [6.45, 7) is 4.22. The molecule has 0 fully saturated rings. The lowest BCUT2D eigenvalue weighted by Gasteiger charge is -2.21. The van der Waals surface area contributed by atoms with Gasteiger partial charge in [0.25, 0.3) is 0 Å². The first-order valence-electron chi connectivity index (χ1n) is 30.7. The van der Waals surface area contributed by atoms with Crippen LogP contribution in [0, 0.1) is 0 Å². The first-order chi connectivity index (χ1) is 33.1. The van der Waals surface area contributed by atoms with Gasteiger partial charge < -0.3 is 20.6 Å². The molecule has 0 aliphatic carbocycles. The van der Waals surface area contributed by atoms with Crippen LogP contribution in [0.3, 0.4) is 0 Å². The smallest absolute Gasteiger partial charge is 0.249 e. The van der Waals surface area contributed by atoms with Crippen LogP contribution in [0.4, 0.5) is 0 Å². The fourth-order valence-electron chi connectivity index (χ4n) is 9.79. The lowest BCUT2D eigenvalue weighted by Crippen LogP contribution is -2.48. The van der Waals surface area contributed by atoms with E-state index in [0.29, 0.717) is 6.42 Å². The Bertz CT molecular complexity index is 998. The van der Waals surface area contributed by atoms with Crippen molar-refractivity contribution in [2.75, 3.05) is 6.61 Å². The monoisotopic (exact) mass is 944 g/mol. The van der Waals surface area contributed by atoms with Crippen LogP contribution in [-0.2, 0) is 4.79 Å². The number of hydrogen-bond acceptors (Lipinski definition) is 4. The number of aliphatic hydroxyl groups is 3. The topological polar surface area (TPSA) is 89.8 Å². The predicted molar refractivity (Wildman–Crippen MR) is 296 cm³/mol. The predicted octanol–water partition coefficient (Wildman–Crippen LogP) is 19.2. The number of nitrogens with one attached hydrogen (secondary N) is 1. The molecule has 0 radical (unpaired) electrons. The van der Waals surface area contributed by atoms with Crippen LogP contribution in [0.25, 0.3) is 0 Å². The van der Waals surface area contributed by atoms with Crippen molar-refractivity contribution in [1.29, 1.82) is 0 Å². The maximum Gasteiger partial charge on any atom is 0.249 e. The van der Waals surface area contributed by atoms with Gasteiger partial charge in [0.2, 0.25) is 5.91 Å². The highest BCUT2D eigenvalue weighted by Crippen LogP contribution is 2.18. The first kappa shape index (κ1) is 65.8. The Balaban J connectivity index is 3.53. The average Bonchev–Trinajstić information content (AvgIpc) is 3.33. The summed E-state index contributed by atoms with van der Waals surface area (Å²) >= 11 is 0. The van der Waals surface area contributed by atoms with Crippen LogP contribution in [0.5, 0.6) is 0 Å². The zero-order chi connectivity index (χ0) is 48.6. The third-order valence-corrected chi connectivity index (χ3v) is 14.5. The molecule has 0 bridgehead atoms. The number of carbonyl (C=O) groups excluding carboxylic acids is 1. The molecule has 0 saturated carbocycles. The SMILES string of the molecule is CCCCCCCCCCCCCCCCCCC/C=C/CC/C=C/C(O)C(CO)NC(=O)C(O)CCCCCCCCCCCCCCCCCCCCCCCCCCCCCCCC. The van der Waals surface area contributed by atoms with Gasteiger partial charge in [0.15, 0.2) is 0 Å².